The highest BCUT2D eigenvalue weighted by Crippen LogP contribution is 2.36. The van der Waals surface area contributed by atoms with Crippen LogP contribution in [0.25, 0.3) is 45.0 Å². The minimum Gasteiger partial charge on any atom is -0.332 e. The Morgan fingerprint density at radius 3 is 1.07 bits per heavy atom. The number of hydrogen-bond donors (Lipinski definition) is 2. The minimum absolute atomic E-state index is 0.815. The van der Waals surface area contributed by atoms with Crippen molar-refractivity contribution in [1.82, 2.24) is 19.9 Å². The molecule has 0 atom stereocenters. The van der Waals surface area contributed by atoms with E-state index in [9.17, 15) is 0 Å². The summed E-state index contributed by atoms with van der Waals surface area (Å²) in [5, 5.41) is 1.83. The Morgan fingerprint density at radius 2 is 0.705 bits per heavy atom. The summed E-state index contributed by atoms with van der Waals surface area (Å²) in [6.45, 7) is 0. The van der Waals surface area contributed by atoms with E-state index in [1.807, 2.05) is 24.3 Å². The normalized spacial score (nSPS) is 11.1. The summed E-state index contributed by atoms with van der Waals surface area (Å²) >= 11 is 3.47. The number of hydrogen-bond acceptors (Lipinski definition) is 4. The van der Waals surface area contributed by atoms with Crippen molar-refractivity contribution in [2.24, 2.45) is 0 Å². The van der Waals surface area contributed by atoms with Crippen molar-refractivity contribution in [3.8, 4) is 45.0 Å². The van der Waals surface area contributed by atoms with Gasteiger partial charge in [-0.2, -0.15) is 0 Å². The highest BCUT2D eigenvalue weighted by molar-refractivity contribution is 7.98. The Balaban J connectivity index is 1.11. The van der Waals surface area contributed by atoms with Crippen LogP contribution >= 0.6 is 23.5 Å². The van der Waals surface area contributed by atoms with Crippen LogP contribution in [-0.2, 0) is 11.5 Å². The lowest BCUT2D eigenvalue weighted by Crippen LogP contribution is -1.91. The lowest BCUT2D eigenvalue weighted by molar-refractivity contribution is 1.05. The second kappa shape index (κ2) is 13.2. The summed E-state index contributed by atoms with van der Waals surface area (Å²) in [6.07, 6.45) is 0. The van der Waals surface area contributed by atoms with Crippen LogP contribution in [0.15, 0.2) is 156 Å². The summed E-state index contributed by atoms with van der Waals surface area (Å²) in [4.78, 5) is 17.3. The van der Waals surface area contributed by atoms with Gasteiger partial charge in [0, 0.05) is 33.8 Å². The van der Waals surface area contributed by atoms with Crippen LogP contribution in [0.5, 0.6) is 0 Å². The molecule has 0 unspecified atom stereocenters. The van der Waals surface area contributed by atoms with Gasteiger partial charge >= 0.3 is 0 Å². The van der Waals surface area contributed by atoms with E-state index in [1.54, 1.807) is 23.5 Å². The van der Waals surface area contributed by atoms with E-state index in [4.69, 9.17) is 9.97 Å². The van der Waals surface area contributed by atoms with Gasteiger partial charge in [-0.25, -0.2) is 9.97 Å². The standard InChI is InChI=1S/C38H30N4S2/c1-5-15-27(16-6-1)33-34(28-17-7-2-8-18-28)40-37(39-33)43-25-31-23-13-14-24-32(31)26-44-38-41-35(29-19-9-3-10-20-29)36(42-38)30-21-11-4-12-22-30/h1-24H,25-26H2,(H,39,40)(H,41,42). The van der Waals surface area contributed by atoms with Crippen molar-refractivity contribution in [3.63, 3.8) is 0 Å². The van der Waals surface area contributed by atoms with Crippen molar-refractivity contribution in [1.29, 1.82) is 0 Å². The van der Waals surface area contributed by atoms with Crippen molar-refractivity contribution >= 4 is 23.5 Å². The molecule has 0 fully saturated rings. The highest BCUT2D eigenvalue weighted by Gasteiger charge is 2.17. The maximum Gasteiger partial charge on any atom is 0.166 e. The zero-order valence-corrected chi connectivity index (χ0v) is 25.6. The largest absolute Gasteiger partial charge is 0.332 e. The Hall–Kier alpha value is -4.78. The molecule has 2 N–H and O–H groups in total. The third-order valence-electron chi connectivity index (χ3n) is 7.43. The van der Waals surface area contributed by atoms with E-state index in [0.29, 0.717) is 0 Å². The zero-order valence-electron chi connectivity index (χ0n) is 24.0. The Labute approximate surface area is 266 Å². The quantitative estimate of drug-likeness (QED) is 0.152. The SMILES string of the molecule is c1ccc(-c2nc(SCc3ccccc3CSc3nc(-c4ccccc4)c(-c4ccccc4)[nH]3)[nH]c2-c2ccccc2)cc1. The second-order valence-corrected chi connectivity index (χ2v) is 12.3. The van der Waals surface area contributed by atoms with Gasteiger partial charge in [0.05, 0.1) is 22.8 Å². The first-order valence-corrected chi connectivity index (χ1v) is 16.5. The fraction of sp³-hybridized carbons (Fsp3) is 0.0526. The Morgan fingerprint density at radius 1 is 0.386 bits per heavy atom. The van der Waals surface area contributed by atoms with E-state index in [1.165, 1.54) is 11.1 Å². The van der Waals surface area contributed by atoms with Crippen LogP contribution in [-0.4, -0.2) is 19.9 Å². The number of rotatable bonds is 10. The molecule has 0 aliphatic carbocycles. The topological polar surface area (TPSA) is 57.4 Å². The average Bonchev–Trinajstić information content (AvgIpc) is 3.74. The van der Waals surface area contributed by atoms with E-state index < -0.39 is 0 Å². The molecule has 0 saturated heterocycles. The third-order valence-corrected chi connectivity index (χ3v) is 9.27. The Kier molecular flexibility index (Phi) is 8.44. The number of thioether (sulfide) groups is 2. The molecule has 6 heteroatoms. The maximum absolute atomic E-state index is 5.05. The monoisotopic (exact) mass is 606 g/mol. The number of nitrogens with one attached hydrogen (secondary N) is 2. The van der Waals surface area contributed by atoms with Crippen LogP contribution in [0.4, 0.5) is 0 Å². The molecule has 0 aliphatic heterocycles. The first-order chi connectivity index (χ1) is 21.8. The van der Waals surface area contributed by atoms with Crippen LogP contribution in [0.3, 0.4) is 0 Å². The number of benzene rings is 5. The summed E-state index contributed by atoms with van der Waals surface area (Å²) in [6, 6.07) is 50.3. The predicted molar refractivity (Wildman–Crippen MR) is 184 cm³/mol. The number of imidazole rings is 2. The molecule has 2 aromatic heterocycles. The minimum atomic E-state index is 0.815. The molecule has 7 aromatic rings. The number of nitrogens with zero attached hydrogens (tertiary/aromatic N) is 2. The fourth-order valence-corrected chi connectivity index (χ4v) is 7.02. The van der Waals surface area contributed by atoms with E-state index in [2.05, 4.69) is 131 Å². The smallest absolute Gasteiger partial charge is 0.166 e. The average molecular weight is 607 g/mol. The third kappa shape index (κ3) is 6.27. The second-order valence-electron chi connectivity index (χ2n) is 10.3. The molecule has 2 heterocycles. The molecule has 0 spiro atoms. The molecular formula is C38H30N4S2. The van der Waals surface area contributed by atoms with Gasteiger partial charge in [0.2, 0.25) is 0 Å². The van der Waals surface area contributed by atoms with Gasteiger partial charge in [0.25, 0.3) is 0 Å². The van der Waals surface area contributed by atoms with E-state index in [0.717, 1.165) is 66.8 Å². The lowest BCUT2D eigenvalue weighted by Gasteiger charge is -2.07. The molecule has 7 rings (SSSR count). The summed E-state index contributed by atoms with van der Waals surface area (Å²) in [5.74, 6) is 1.63. The lowest BCUT2D eigenvalue weighted by atomic mass is 10.1. The maximum atomic E-state index is 5.05. The number of aromatic nitrogens is 4. The van der Waals surface area contributed by atoms with Crippen LogP contribution in [0.1, 0.15) is 11.1 Å². The molecular weight excluding hydrogens is 577 g/mol. The van der Waals surface area contributed by atoms with Gasteiger partial charge in [-0.05, 0) is 11.1 Å². The first kappa shape index (κ1) is 28.0. The van der Waals surface area contributed by atoms with Gasteiger partial charge in [-0.1, -0.05) is 169 Å². The van der Waals surface area contributed by atoms with Crippen molar-refractivity contribution in [2.75, 3.05) is 0 Å². The summed E-state index contributed by atoms with van der Waals surface area (Å²) in [5.41, 5.74) is 11.1. The van der Waals surface area contributed by atoms with Crippen LogP contribution < -0.4 is 0 Å². The highest BCUT2D eigenvalue weighted by atomic mass is 32.2. The molecule has 5 aromatic carbocycles. The van der Waals surface area contributed by atoms with Gasteiger partial charge in [-0.15, -0.1) is 0 Å². The fourth-order valence-electron chi connectivity index (χ4n) is 5.21. The Bertz CT molecular complexity index is 1690. The molecule has 214 valence electrons. The van der Waals surface area contributed by atoms with Gasteiger partial charge in [-0.3, -0.25) is 0 Å². The molecule has 0 aliphatic rings. The number of aromatic amines is 2. The van der Waals surface area contributed by atoms with Gasteiger partial charge < -0.3 is 9.97 Å². The summed E-state index contributed by atoms with van der Waals surface area (Å²) in [7, 11) is 0. The van der Waals surface area contributed by atoms with Crippen LogP contribution in [0, 0.1) is 0 Å². The molecule has 4 nitrogen and oxygen atoms in total. The first-order valence-electron chi connectivity index (χ1n) is 14.6. The number of H-pyrrole nitrogens is 2. The molecule has 0 bridgehead atoms. The molecule has 44 heavy (non-hydrogen) atoms. The van der Waals surface area contributed by atoms with Crippen molar-refractivity contribution in [2.45, 2.75) is 21.8 Å². The summed E-state index contributed by atoms with van der Waals surface area (Å²) < 4.78 is 0. The van der Waals surface area contributed by atoms with Gasteiger partial charge in [0.1, 0.15) is 0 Å². The van der Waals surface area contributed by atoms with Gasteiger partial charge in [0.15, 0.2) is 10.3 Å². The zero-order chi connectivity index (χ0) is 29.6. The molecule has 0 saturated carbocycles. The molecule has 0 amide bonds. The van der Waals surface area contributed by atoms with Crippen LogP contribution in [0.2, 0.25) is 0 Å². The van der Waals surface area contributed by atoms with Crippen molar-refractivity contribution in [3.05, 3.63) is 157 Å². The van der Waals surface area contributed by atoms with Crippen molar-refractivity contribution < 1.29 is 0 Å². The van der Waals surface area contributed by atoms with E-state index in [-0.39, 0.29) is 0 Å². The molecule has 0 radical (unpaired) electrons. The predicted octanol–water partition coefficient (Wildman–Crippen LogP) is 10.4. The van der Waals surface area contributed by atoms with E-state index >= 15 is 0 Å².